The molecule has 1 aliphatic heterocycles. The molecule has 2 atom stereocenters. The Balaban J connectivity index is 2.68. The molecule has 0 saturated carbocycles. The molecule has 1 aliphatic rings. The van der Waals surface area contributed by atoms with Crippen molar-refractivity contribution in [1.29, 1.82) is 0 Å². The van der Waals surface area contributed by atoms with Crippen LogP contribution in [0.25, 0.3) is 0 Å². The van der Waals surface area contributed by atoms with Crippen LogP contribution in [0, 0.1) is 11.8 Å². The van der Waals surface area contributed by atoms with Crippen LogP contribution in [0.3, 0.4) is 0 Å². The van der Waals surface area contributed by atoms with Crippen LogP contribution in [0.5, 0.6) is 0 Å². The fraction of sp³-hybridized carbons (Fsp3) is 1.00. The van der Waals surface area contributed by atoms with E-state index in [1.807, 2.05) is 13.8 Å². The third kappa shape index (κ3) is 1.64. The Kier molecular flexibility index (Phi) is 2.78. The molecule has 0 aromatic carbocycles. The van der Waals surface area contributed by atoms with E-state index in [1.54, 1.807) is 0 Å². The summed E-state index contributed by atoms with van der Waals surface area (Å²) >= 11 is 0. The van der Waals surface area contributed by atoms with Crippen molar-refractivity contribution in [3.05, 3.63) is 0 Å². The summed E-state index contributed by atoms with van der Waals surface area (Å²) < 4.78 is 22.4. The second kappa shape index (κ2) is 3.34. The van der Waals surface area contributed by atoms with Gasteiger partial charge in [0.25, 0.3) is 0 Å². The van der Waals surface area contributed by atoms with Crippen molar-refractivity contribution in [2.75, 3.05) is 12.4 Å². The second-order valence-electron chi connectivity index (χ2n) is 3.78. The molecule has 0 aliphatic carbocycles. The van der Waals surface area contributed by atoms with Gasteiger partial charge >= 0.3 is 0 Å². The van der Waals surface area contributed by atoms with Crippen molar-refractivity contribution in [3.8, 4) is 0 Å². The molecule has 0 bridgehead atoms. The highest BCUT2D eigenvalue weighted by molar-refractivity contribution is 7.93. The largest absolute Gasteiger partial charge is 0.396 e. The Morgan fingerprint density at radius 2 is 2.08 bits per heavy atom. The number of rotatable bonds is 3. The first kappa shape index (κ1) is 9.99. The van der Waals surface area contributed by atoms with Crippen molar-refractivity contribution in [3.63, 3.8) is 0 Å². The number of hydrogen-bond acceptors (Lipinski definition) is 3. The van der Waals surface area contributed by atoms with Crippen LogP contribution in [-0.2, 0) is 9.84 Å². The molecule has 0 aromatic heterocycles. The minimum Gasteiger partial charge on any atom is -0.396 e. The molecule has 0 spiro atoms. The van der Waals surface area contributed by atoms with E-state index in [9.17, 15) is 8.42 Å². The molecule has 1 rings (SSSR count). The second-order valence-corrected chi connectivity index (χ2v) is 6.12. The van der Waals surface area contributed by atoms with Gasteiger partial charge in [0, 0.05) is 12.5 Å². The normalized spacial score (nSPS) is 29.8. The summed E-state index contributed by atoms with van der Waals surface area (Å²) in [6.45, 7) is 3.89. The molecule has 0 amide bonds. The van der Waals surface area contributed by atoms with Crippen LogP contribution in [0.4, 0.5) is 0 Å². The molecular weight excluding hydrogens is 176 g/mol. The molecule has 0 radical (unpaired) electrons. The van der Waals surface area contributed by atoms with Gasteiger partial charge in [-0.25, -0.2) is 8.42 Å². The van der Waals surface area contributed by atoms with Crippen LogP contribution in [0.2, 0.25) is 0 Å². The Morgan fingerprint density at radius 3 is 2.17 bits per heavy atom. The zero-order valence-corrected chi connectivity index (χ0v) is 8.34. The molecule has 2 unspecified atom stereocenters. The van der Waals surface area contributed by atoms with Crippen LogP contribution >= 0.6 is 0 Å². The van der Waals surface area contributed by atoms with Crippen molar-refractivity contribution in [1.82, 2.24) is 0 Å². The highest BCUT2D eigenvalue weighted by atomic mass is 32.2. The van der Waals surface area contributed by atoms with Gasteiger partial charge < -0.3 is 5.11 Å². The summed E-state index contributed by atoms with van der Waals surface area (Å²) in [5.74, 6) is 0.486. The highest BCUT2D eigenvalue weighted by Crippen LogP contribution is 2.31. The van der Waals surface area contributed by atoms with Gasteiger partial charge in [-0.05, 0) is 12.3 Å². The number of aliphatic hydroxyl groups excluding tert-OH is 1. The van der Waals surface area contributed by atoms with Gasteiger partial charge in [0.2, 0.25) is 0 Å². The Hall–Kier alpha value is -0.0900. The molecule has 1 heterocycles. The van der Waals surface area contributed by atoms with Crippen LogP contribution in [0.1, 0.15) is 20.3 Å². The summed E-state index contributed by atoms with van der Waals surface area (Å²) in [6.07, 6.45) is 0.728. The SMILES string of the molecule is CC(C)C(CO)C1CCS1(=O)=O. The zero-order valence-electron chi connectivity index (χ0n) is 7.53. The first-order valence-electron chi connectivity index (χ1n) is 4.31. The van der Waals surface area contributed by atoms with E-state index in [2.05, 4.69) is 0 Å². The van der Waals surface area contributed by atoms with Gasteiger partial charge in [0.05, 0.1) is 11.0 Å². The van der Waals surface area contributed by atoms with Crippen LogP contribution < -0.4 is 0 Å². The van der Waals surface area contributed by atoms with E-state index < -0.39 is 9.84 Å². The molecule has 12 heavy (non-hydrogen) atoms. The predicted molar refractivity (Wildman–Crippen MR) is 47.6 cm³/mol. The minimum absolute atomic E-state index is 0.0123. The first-order chi connectivity index (χ1) is 5.49. The predicted octanol–water partition coefficient (Wildman–Crippen LogP) is 0.438. The highest BCUT2D eigenvalue weighted by Gasteiger charge is 2.42. The van der Waals surface area contributed by atoms with E-state index in [4.69, 9.17) is 5.11 Å². The van der Waals surface area contributed by atoms with Crippen molar-refractivity contribution in [2.24, 2.45) is 11.8 Å². The van der Waals surface area contributed by atoms with Crippen molar-refractivity contribution < 1.29 is 13.5 Å². The van der Waals surface area contributed by atoms with E-state index in [1.165, 1.54) is 0 Å². The van der Waals surface area contributed by atoms with Gasteiger partial charge in [-0.3, -0.25) is 0 Å². The molecule has 1 fully saturated rings. The summed E-state index contributed by atoms with van der Waals surface area (Å²) in [7, 11) is -2.84. The number of hydrogen-bond donors (Lipinski definition) is 1. The third-order valence-corrected chi connectivity index (χ3v) is 5.01. The monoisotopic (exact) mass is 192 g/mol. The lowest BCUT2D eigenvalue weighted by molar-refractivity contribution is 0.177. The average Bonchev–Trinajstić information content (AvgIpc) is 1.97. The van der Waals surface area contributed by atoms with E-state index in [0.29, 0.717) is 5.75 Å². The minimum atomic E-state index is -2.84. The molecule has 0 aromatic rings. The van der Waals surface area contributed by atoms with Crippen LogP contribution in [0.15, 0.2) is 0 Å². The Morgan fingerprint density at radius 1 is 1.50 bits per heavy atom. The molecule has 4 heteroatoms. The Bertz CT molecular complexity index is 243. The quantitative estimate of drug-likeness (QED) is 0.706. The average molecular weight is 192 g/mol. The van der Waals surface area contributed by atoms with E-state index in [0.717, 1.165) is 6.42 Å². The molecule has 1 N–H and O–H groups in total. The standard InChI is InChI=1S/C8H16O3S/c1-6(2)7(5-9)8-3-4-12(8,10)11/h6-9H,3-5H2,1-2H3. The zero-order chi connectivity index (χ0) is 9.35. The first-order valence-corrected chi connectivity index (χ1v) is 6.03. The smallest absolute Gasteiger partial charge is 0.153 e. The van der Waals surface area contributed by atoms with Gasteiger partial charge in [0.1, 0.15) is 0 Å². The molecule has 3 nitrogen and oxygen atoms in total. The maximum absolute atomic E-state index is 11.2. The molecule has 1 saturated heterocycles. The lowest BCUT2D eigenvalue weighted by atomic mass is 9.91. The third-order valence-electron chi connectivity index (χ3n) is 2.69. The van der Waals surface area contributed by atoms with E-state index in [-0.39, 0.29) is 23.7 Å². The molecular formula is C8H16O3S. The summed E-state index contributed by atoms with van der Waals surface area (Å²) in [5.41, 5.74) is 0. The fourth-order valence-electron chi connectivity index (χ4n) is 1.68. The van der Waals surface area contributed by atoms with Crippen molar-refractivity contribution >= 4 is 9.84 Å². The maximum atomic E-state index is 11.2. The number of sulfone groups is 1. The summed E-state index contributed by atoms with van der Waals surface area (Å²) in [5, 5.41) is 8.72. The van der Waals surface area contributed by atoms with E-state index >= 15 is 0 Å². The lowest BCUT2D eigenvalue weighted by Crippen LogP contribution is -2.45. The summed E-state index contributed by atoms with van der Waals surface area (Å²) in [4.78, 5) is 0. The topological polar surface area (TPSA) is 54.4 Å². The Labute approximate surface area is 73.7 Å². The number of aliphatic hydroxyl groups is 1. The molecule has 72 valence electrons. The lowest BCUT2D eigenvalue weighted by Gasteiger charge is -2.34. The van der Waals surface area contributed by atoms with Crippen molar-refractivity contribution in [2.45, 2.75) is 25.5 Å². The van der Waals surface area contributed by atoms with Gasteiger partial charge in [-0.15, -0.1) is 0 Å². The maximum Gasteiger partial charge on any atom is 0.153 e. The van der Waals surface area contributed by atoms with Gasteiger partial charge in [-0.1, -0.05) is 13.8 Å². The van der Waals surface area contributed by atoms with Gasteiger partial charge in [0.15, 0.2) is 9.84 Å². The fourth-order valence-corrected chi connectivity index (χ4v) is 3.51. The van der Waals surface area contributed by atoms with Crippen LogP contribution in [-0.4, -0.2) is 31.1 Å². The van der Waals surface area contributed by atoms with Gasteiger partial charge in [-0.2, -0.15) is 0 Å². The summed E-state index contributed by atoms with van der Waals surface area (Å²) in [6, 6.07) is 0.